The Balaban J connectivity index is 2.57. The Kier molecular flexibility index (Phi) is 5.73. The smallest absolute Gasteiger partial charge is 0.216 e. The molecule has 0 unspecified atom stereocenters. The van der Waals surface area contributed by atoms with Crippen molar-refractivity contribution < 1.29 is 9.67 Å². The second-order valence-electron chi connectivity index (χ2n) is 4.43. The highest BCUT2D eigenvalue weighted by molar-refractivity contribution is 7.99. The predicted molar refractivity (Wildman–Crippen MR) is 78.7 cm³/mol. The van der Waals surface area contributed by atoms with Gasteiger partial charge in [0.15, 0.2) is 0 Å². The van der Waals surface area contributed by atoms with Gasteiger partial charge in [-0.3, -0.25) is 4.57 Å². The van der Waals surface area contributed by atoms with Gasteiger partial charge in [-0.25, -0.2) is 9.34 Å². The molecule has 0 radical (unpaired) electrons. The van der Waals surface area contributed by atoms with Crippen molar-refractivity contribution in [1.82, 2.24) is 9.34 Å². The number of phenols is 1. The minimum Gasteiger partial charge on any atom is -0.508 e. The summed E-state index contributed by atoms with van der Waals surface area (Å²) >= 11 is 1.61. The number of nitrogens with zero attached hydrogens (tertiary/aromatic N) is 2. The van der Waals surface area contributed by atoms with Crippen LogP contribution in [0.1, 0.15) is 0 Å². The summed E-state index contributed by atoms with van der Waals surface area (Å²) < 4.78 is 16.3. The van der Waals surface area contributed by atoms with Crippen LogP contribution in [0.4, 0.5) is 0 Å². The number of phenolic OH excluding ortho intramolecular Hbond substituents is 1. The first-order valence-corrected chi connectivity index (χ1v) is 8.51. The zero-order chi connectivity index (χ0) is 13.8. The maximum absolute atomic E-state index is 12.7. The lowest BCUT2D eigenvalue weighted by Crippen LogP contribution is -2.23. The molecule has 1 N–H and O–H groups in total. The van der Waals surface area contributed by atoms with Crippen molar-refractivity contribution in [2.75, 3.05) is 40.1 Å². The zero-order valence-corrected chi connectivity index (χ0v) is 13.0. The minimum atomic E-state index is -2.43. The molecule has 102 valence electrons. The third kappa shape index (κ3) is 4.02. The predicted octanol–water partition coefficient (Wildman–Crippen LogP) is 2.80. The van der Waals surface area contributed by atoms with Crippen LogP contribution in [-0.4, -0.2) is 54.6 Å². The molecule has 18 heavy (non-hydrogen) atoms. The van der Waals surface area contributed by atoms with Gasteiger partial charge in [0.25, 0.3) is 0 Å². The fourth-order valence-corrected chi connectivity index (χ4v) is 5.06. The molecule has 0 heterocycles. The van der Waals surface area contributed by atoms with Crippen molar-refractivity contribution in [2.24, 2.45) is 0 Å². The third-order valence-corrected chi connectivity index (χ3v) is 7.32. The Bertz CT molecular complexity index is 426. The molecule has 0 spiro atoms. The van der Waals surface area contributed by atoms with Crippen LogP contribution in [0.25, 0.3) is 0 Å². The Morgan fingerprint density at radius 2 is 1.83 bits per heavy atom. The normalized spacial score (nSPS) is 12.3. The fraction of sp³-hybridized carbons (Fsp3) is 0.500. The van der Waals surface area contributed by atoms with E-state index >= 15 is 0 Å². The van der Waals surface area contributed by atoms with Gasteiger partial charge in [-0.2, -0.15) is 0 Å². The van der Waals surface area contributed by atoms with Crippen molar-refractivity contribution in [3.8, 4) is 5.75 Å². The number of thioether (sulfide) groups is 1. The van der Waals surface area contributed by atoms with E-state index < -0.39 is 7.44 Å². The van der Waals surface area contributed by atoms with E-state index in [0.717, 1.165) is 10.6 Å². The summed E-state index contributed by atoms with van der Waals surface area (Å²) in [7, 11) is 4.96. The molecule has 0 atom stereocenters. The van der Waals surface area contributed by atoms with Crippen molar-refractivity contribution in [1.29, 1.82) is 0 Å². The molecule has 0 saturated heterocycles. The molecule has 0 amide bonds. The molecule has 0 bridgehead atoms. The zero-order valence-electron chi connectivity index (χ0n) is 11.3. The molecular weight excluding hydrogens is 267 g/mol. The van der Waals surface area contributed by atoms with E-state index in [-0.39, 0.29) is 5.75 Å². The molecule has 1 aromatic carbocycles. The number of hydrogen-bond donors (Lipinski definition) is 1. The highest BCUT2D eigenvalue weighted by Gasteiger charge is 2.27. The Morgan fingerprint density at radius 3 is 2.33 bits per heavy atom. The van der Waals surface area contributed by atoms with Crippen molar-refractivity contribution in [2.45, 2.75) is 4.90 Å². The summed E-state index contributed by atoms with van der Waals surface area (Å²) in [5.41, 5.74) is 0. The summed E-state index contributed by atoms with van der Waals surface area (Å²) in [6, 6.07) is 7.13. The third-order valence-electron chi connectivity index (χ3n) is 2.72. The van der Waals surface area contributed by atoms with Crippen molar-refractivity contribution in [3.05, 3.63) is 24.3 Å². The summed E-state index contributed by atoms with van der Waals surface area (Å²) in [5.74, 6) is 1.03. The van der Waals surface area contributed by atoms with Crippen LogP contribution in [0.15, 0.2) is 29.2 Å². The van der Waals surface area contributed by atoms with E-state index in [1.54, 1.807) is 33.2 Å². The molecular formula is C12H21N2O2PS. The number of rotatable bonds is 6. The van der Waals surface area contributed by atoms with Crippen LogP contribution in [0.3, 0.4) is 0 Å². The van der Waals surface area contributed by atoms with Gasteiger partial charge in [0.05, 0.1) is 0 Å². The van der Waals surface area contributed by atoms with Crippen LogP contribution >= 0.6 is 19.2 Å². The lowest BCUT2D eigenvalue weighted by Gasteiger charge is -2.30. The summed E-state index contributed by atoms with van der Waals surface area (Å²) in [6.45, 7) is 0. The Labute approximate surface area is 113 Å². The fourth-order valence-electron chi connectivity index (χ4n) is 1.61. The molecule has 0 aliphatic rings. The van der Waals surface area contributed by atoms with Crippen LogP contribution in [0, 0.1) is 0 Å². The molecule has 4 nitrogen and oxygen atoms in total. The molecule has 6 heteroatoms. The maximum Gasteiger partial charge on any atom is 0.216 e. The van der Waals surface area contributed by atoms with Gasteiger partial charge in [-0.15, -0.1) is 11.8 Å². The van der Waals surface area contributed by atoms with Gasteiger partial charge in [0.2, 0.25) is 7.44 Å². The maximum atomic E-state index is 12.7. The first-order valence-electron chi connectivity index (χ1n) is 5.73. The standard InChI is InChI=1S/C12H21N2O2PS/c1-13(2)17(16,14(3)4)8-9-18-12-7-5-6-11(15)10-12/h5-7,10,15H,8-9H2,1-4H3. The molecule has 1 aromatic rings. The van der Waals surface area contributed by atoms with E-state index in [1.165, 1.54) is 0 Å². The van der Waals surface area contributed by atoms with Gasteiger partial charge < -0.3 is 5.11 Å². The number of benzene rings is 1. The van der Waals surface area contributed by atoms with Crippen LogP contribution in [-0.2, 0) is 4.57 Å². The van der Waals surface area contributed by atoms with E-state index in [2.05, 4.69) is 0 Å². The lowest BCUT2D eigenvalue weighted by molar-refractivity contribution is 0.449. The van der Waals surface area contributed by atoms with Gasteiger partial charge in [-0.05, 0) is 46.4 Å². The van der Waals surface area contributed by atoms with E-state index in [0.29, 0.717) is 6.16 Å². The largest absolute Gasteiger partial charge is 0.508 e. The van der Waals surface area contributed by atoms with Crippen molar-refractivity contribution >= 4 is 19.2 Å². The van der Waals surface area contributed by atoms with Gasteiger partial charge in [0, 0.05) is 16.8 Å². The molecule has 0 saturated carbocycles. The molecule has 0 fully saturated rings. The van der Waals surface area contributed by atoms with Crippen LogP contribution in [0.5, 0.6) is 5.75 Å². The number of hydrogen-bond acceptors (Lipinski definition) is 3. The van der Waals surface area contributed by atoms with Gasteiger partial charge in [0.1, 0.15) is 5.75 Å². The monoisotopic (exact) mass is 288 g/mol. The van der Waals surface area contributed by atoms with Crippen LogP contribution < -0.4 is 0 Å². The highest BCUT2D eigenvalue weighted by atomic mass is 32.2. The summed E-state index contributed by atoms with van der Waals surface area (Å²) in [6.07, 6.45) is 0.618. The Hall–Kier alpha value is -0.480. The van der Waals surface area contributed by atoms with Crippen LogP contribution in [0.2, 0.25) is 0 Å². The molecule has 0 aliphatic heterocycles. The molecule has 0 aromatic heterocycles. The average molecular weight is 288 g/mol. The number of aromatic hydroxyl groups is 1. The topological polar surface area (TPSA) is 43.8 Å². The SMILES string of the molecule is CN(C)P(=O)(CCSc1cccc(O)c1)N(C)C. The molecule has 0 aliphatic carbocycles. The second kappa shape index (κ2) is 6.62. The minimum absolute atomic E-state index is 0.267. The summed E-state index contributed by atoms with van der Waals surface area (Å²) in [5, 5.41) is 9.36. The van der Waals surface area contributed by atoms with Gasteiger partial charge in [-0.1, -0.05) is 6.07 Å². The van der Waals surface area contributed by atoms with E-state index in [1.807, 2.05) is 40.3 Å². The second-order valence-corrected chi connectivity index (χ2v) is 8.97. The van der Waals surface area contributed by atoms with E-state index in [9.17, 15) is 9.67 Å². The van der Waals surface area contributed by atoms with Gasteiger partial charge >= 0.3 is 0 Å². The average Bonchev–Trinajstić information content (AvgIpc) is 2.28. The quantitative estimate of drug-likeness (QED) is 0.644. The Morgan fingerprint density at radius 1 is 1.22 bits per heavy atom. The molecule has 1 rings (SSSR count). The summed E-state index contributed by atoms with van der Waals surface area (Å²) in [4.78, 5) is 0.999. The van der Waals surface area contributed by atoms with E-state index in [4.69, 9.17) is 0 Å². The lowest BCUT2D eigenvalue weighted by atomic mass is 10.3. The first-order chi connectivity index (χ1) is 8.36. The first kappa shape index (κ1) is 15.6. The highest BCUT2D eigenvalue weighted by Crippen LogP contribution is 2.49. The van der Waals surface area contributed by atoms with Crippen molar-refractivity contribution in [3.63, 3.8) is 0 Å².